The highest BCUT2D eigenvalue weighted by Gasteiger charge is 2.13. The number of anilines is 1. The average molecular weight is 290 g/mol. The van der Waals surface area contributed by atoms with Gasteiger partial charge in [0.15, 0.2) is 0 Å². The molecule has 4 heteroatoms. The molecule has 0 heterocycles. The number of hydrogen-bond donors (Lipinski definition) is 2. The predicted octanol–water partition coefficient (Wildman–Crippen LogP) is 4.18. The molecule has 0 bridgehead atoms. The first kappa shape index (κ1) is 15.7. The van der Waals surface area contributed by atoms with Gasteiger partial charge in [-0.1, -0.05) is 32.1 Å². The van der Waals surface area contributed by atoms with Crippen LogP contribution in [0.4, 0.5) is 10.5 Å². The molecule has 2 rings (SSSR count). The smallest absolute Gasteiger partial charge is 0.319 e. The quantitative estimate of drug-likeness (QED) is 0.826. The van der Waals surface area contributed by atoms with Crippen LogP contribution in [0.25, 0.3) is 0 Å². The molecule has 1 aliphatic carbocycles. The van der Waals surface area contributed by atoms with Crippen LogP contribution < -0.4 is 15.4 Å². The lowest BCUT2D eigenvalue weighted by atomic mass is 9.87. The third-order valence-corrected chi connectivity index (χ3v) is 3.99. The van der Waals surface area contributed by atoms with Crippen molar-refractivity contribution in [1.29, 1.82) is 0 Å². The van der Waals surface area contributed by atoms with Crippen LogP contribution in [0.1, 0.15) is 45.4 Å². The summed E-state index contributed by atoms with van der Waals surface area (Å²) in [6, 6.07) is 7.30. The lowest BCUT2D eigenvalue weighted by Gasteiger charge is -2.21. The lowest BCUT2D eigenvalue weighted by Crippen LogP contribution is -2.30. The van der Waals surface area contributed by atoms with Gasteiger partial charge in [0, 0.05) is 12.2 Å². The Kier molecular flexibility index (Phi) is 6.38. The predicted molar refractivity (Wildman–Crippen MR) is 85.8 cm³/mol. The lowest BCUT2D eigenvalue weighted by molar-refractivity contribution is 0.250. The van der Waals surface area contributed by atoms with Gasteiger partial charge in [-0.2, -0.15) is 0 Å². The molecule has 1 aromatic carbocycles. The molecule has 0 unspecified atom stereocenters. The van der Waals surface area contributed by atoms with Gasteiger partial charge in [-0.05, 0) is 43.5 Å². The number of carbonyl (C=O) groups excluding carboxylic acids is 1. The van der Waals surface area contributed by atoms with Crippen LogP contribution in [0.15, 0.2) is 24.3 Å². The maximum absolute atomic E-state index is 11.8. The Morgan fingerprint density at radius 1 is 1.19 bits per heavy atom. The molecule has 2 N–H and O–H groups in total. The Bertz CT molecular complexity index is 425. The summed E-state index contributed by atoms with van der Waals surface area (Å²) < 4.78 is 5.37. The van der Waals surface area contributed by atoms with Crippen LogP contribution in [-0.2, 0) is 0 Å². The van der Waals surface area contributed by atoms with E-state index >= 15 is 0 Å². The molecule has 4 nitrogen and oxygen atoms in total. The number of benzene rings is 1. The highest BCUT2D eigenvalue weighted by atomic mass is 16.5. The van der Waals surface area contributed by atoms with Gasteiger partial charge in [0.2, 0.25) is 0 Å². The first-order chi connectivity index (χ1) is 10.3. The molecule has 1 fully saturated rings. The van der Waals surface area contributed by atoms with Gasteiger partial charge in [-0.3, -0.25) is 0 Å². The Morgan fingerprint density at radius 2 is 1.90 bits per heavy atom. The van der Waals surface area contributed by atoms with Crippen LogP contribution >= 0.6 is 0 Å². The van der Waals surface area contributed by atoms with Crippen molar-refractivity contribution < 1.29 is 9.53 Å². The van der Waals surface area contributed by atoms with Crippen molar-refractivity contribution in [2.45, 2.75) is 45.4 Å². The van der Waals surface area contributed by atoms with Gasteiger partial charge >= 0.3 is 6.03 Å². The molecule has 0 radical (unpaired) electrons. The van der Waals surface area contributed by atoms with E-state index in [0.29, 0.717) is 6.61 Å². The zero-order chi connectivity index (χ0) is 14.9. The van der Waals surface area contributed by atoms with E-state index in [4.69, 9.17) is 4.74 Å². The van der Waals surface area contributed by atoms with Crippen LogP contribution in [-0.4, -0.2) is 19.2 Å². The van der Waals surface area contributed by atoms with Crippen LogP contribution in [0.3, 0.4) is 0 Å². The van der Waals surface area contributed by atoms with Crippen molar-refractivity contribution in [2.75, 3.05) is 18.5 Å². The fourth-order valence-electron chi connectivity index (χ4n) is 2.84. The van der Waals surface area contributed by atoms with E-state index in [1.54, 1.807) is 0 Å². The third-order valence-electron chi connectivity index (χ3n) is 3.99. The zero-order valence-electron chi connectivity index (χ0n) is 12.9. The summed E-state index contributed by atoms with van der Waals surface area (Å²) in [4.78, 5) is 11.8. The second-order valence-electron chi connectivity index (χ2n) is 5.63. The zero-order valence-corrected chi connectivity index (χ0v) is 12.9. The molecular formula is C17H26N2O2. The standard InChI is InChI=1S/C17H26N2O2/c1-2-21-16-10-8-15(9-11-16)19-17(20)18-13-12-14-6-4-3-5-7-14/h8-11,14H,2-7,12-13H2,1H3,(H2,18,19,20). The fraction of sp³-hybridized carbons (Fsp3) is 0.588. The average Bonchev–Trinajstić information content (AvgIpc) is 2.51. The van der Waals surface area contributed by atoms with E-state index in [-0.39, 0.29) is 6.03 Å². The van der Waals surface area contributed by atoms with Gasteiger partial charge in [-0.15, -0.1) is 0 Å². The van der Waals surface area contributed by atoms with Crippen molar-refractivity contribution in [3.63, 3.8) is 0 Å². The first-order valence-electron chi connectivity index (χ1n) is 8.05. The van der Waals surface area contributed by atoms with Gasteiger partial charge in [0.25, 0.3) is 0 Å². The topological polar surface area (TPSA) is 50.4 Å². The first-order valence-corrected chi connectivity index (χ1v) is 8.05. The van der Waals surface area contributed by atoms with E-state index in [0.717, 1.165) is 30.3 Å². The molecule has 2 amide bonds. The summed E-state index contributed by atoms with van der Waals surface area (Å²) in [5.41, 5.74) is 0.786. The minimum absolute atomic E-state index is 0.130. The van der Waals surface area contributed by atoms with Crippen LogP contribution in [0.2, 0.25) is 0 Å². The van der Waals surface area contributed by atoms with Gasteiger partial charge in [0.1, 0.15) is 5.75 Å². The Morgan fingerprint density at radius 3 is 2.57 bits per heavy atom. The van der Waals surface area contributed by atoms with Gasteiger partial charge < -0.3 is 15.4 Å². The van der Waals surface area contributed by atoms with E-state index in [9.17, 15) is 4.79 Å². The monoisotopic (exact) mass is 290 g/mol. The molecule has 0 aromatic heterocycles. The number of ether oxygens (including phenoxy) is 1. The number of urea groups is 1. The number of nitrogens with one attached hydrogen (secondary N) is 2. The second kappa shape index (κ2) is 8.55. The van der Waals surface area contributed by atoms with Gasteiger partial charge in [0.05, 0.1) is 6.61 Å². The van der Waals surface area contributed by atoms with Crippen molar-refractivity contribution >= 4 is 11.7 Å². The maximum Gasteiger partial charge on any atom is 0.319 e. The molecule has 1 aromatic rings. The number of carbonyl (C=O) groups is 1. The molecule has 1 aliphatic rings. The maximum atomic E-state index is 11.8. The summed E-state index contributed by atoms with van der Waals surface area (Å²) in [7, 11) is 0. The number of amides is 2. The molecule has 0 spiro atoms. The summed E-state index contributed by atoms with van der Waals surface area (Å²) in [6.45, 7) is 3.36. The summed E-state index contributed by atoms with van der Waals surface area (Å²) in [6.07, 6.45) is 7.81. The molecule has 0 aliphatic heterocycles. The van der Waals surface area contributed by atoms with Crippen LogP contribution in [0, 0.1) is 5.92 Å². The Labute approximate surface area is 127 Å². The highest BCUT2D eigenvalue weighted by Crippen LogP contribution is 2.25. The van der Waals surface area contributed by atoms with E-state index in [1.807, 2.05) is 31.2 Å². The third kappa shape index (κ3) is 5.66. The minimum atomic E-state index is -0.130. The largest absolute Gasteiger partial charge is 0.494 e. The van der Waals surface area contributed by atoms with Crippen molar-refractivity contribution in [1.82, 2.24) is 5.32 Å². The Hall–Kier alpha value is -1.71. The summed E-state index contributed by atoms with van der Waals surface area (Å²) >= 11 is 0. The Balaban J connectivity index is 1.66. The van der Waals surface area contributed by atoms with E-state index < -0.39 is 0 Å². The number of rotatable bonds is 6. The molecular weight excluding hydrogens is 264 g/mol. The number of hydrogen-bond acceptors (Lipinski definition) is 2. The van der Waals surface area contributed by atoms with Crippen molar-refractivity contribution in [3.8, 4) is 5.75 Å². The molecule has 21 heavy (non-hydrogen) atoms. The van der Waals surface area contributed by atoms with Crippen LogP contribution in [0.5, 0.6) is 5.75 Å². The highest BCUT2D eigenvalue weighted by molar-refractivity contribution is 5.89. The van der Waals surface area contributed by atoms with Crippen molar-refractivity contribution in [3.05, 3.63) is 24.3 Å². The second-order valence-corrected chi connectivity index (χ2v) is 5.63. The SMILES string of the molecule is CCOc1ccc(NC(=O)NCCC2CCCCC2)cc1. The molecule has 1 saturated carbocycles. The van der Waals surface area contributed by atoms with E-state index in [2.05, 4.69) is 10.6 Å². The molecule has 0 atom stereocenters. The van der Waals surface area contributed by atoms with Gasteiger partial charge in [-0.25, -0.2) is 4.79 Å². The summed E-state index contributed by atoms with van der Waals surface area (Å²) in [5.74, 6) is 1.62. The normalized spacial score (nSPS) is 15.5. The molecule has 116 valence electrons. The fourth-order valence-corrected chi connectivity index (χ4v) is 2.84. The molecule has 0 saturated heterocycles. The van der Waals surface area contributed by atoms with Crippen molar-refractivity contribution in [2.24, 2.45) is 5.92 Å². The van der Waals surface area contributed by atoms with E-state index in [1.165, 1.54) is 32.1 Å². The summed E-state index contributed by atoms with van der Waals surface area (Å²) in [5, 5.41) is 5.78. The minimum Gasteiger partial charge on any atom is -0.494 e.